The molecular formula is C69H116N28O19S2. The lowest BCUT2D eigenvalue weighted by Crippen LogP contribution is -2.61. The molecule has 4 heterocycles. The fourth-order valence-corrected chi connectivity index (χ4v) is 14.4. The van der Waals surface area contributed by atoms with Gasteiger partial charge in [0.25, 0.3) is 0 Å². The van der Waals surface area contributed by atoms with E-state index in [1.165, 1.54) is 36.9 Å². The Labute approximate surface area is 688 Å². The van der Waals surface area contributed by atoms with E-state index in [4.69, 9.17) is 40.1 Å². The van der Waals surface area contributed by atoms with Crippen LogP contribution in [-0.4, -0.2) is 290 Å². The molecule has 4 rings (SSSR count). The van der Waals surface area contributed by atoms with Gasteiger partial charge in [-0.2, -0.15) is 0 Å². The number of urea groups is 2. The van der Waals surface area contributed by atoms with Crippen LogP contribution in [0.1, 0.15) is 129 Å². The maximum atomic E-state index is 15.3. The number of unbranched alkanes of at least 4 members (excludes halogenated alkanes) is 2. The minimum Gasteiger partial charge on any atom is -0.480 e. The summed E-state index contributed by atoms with van der Waals surface area (Å²) in [5.41, 5.74) is 40.6. The molecule has 658 valence electrons. The predicted octanol–water partition coefficient (Wildman–Crippen LogP) is -9.45. The molecule has 49 heteroatoms. The van der Waals surface area contributed by atoms with Crippen molar-refractivity contribution in [3.63, 3.8) is 0 Å². The Hall–Kier alpha value is -11.2. The molecule has 33 N–H and O–H groups in total. The third kappa shape index (κ3) is 36.1. The molecule has 118 heavy (non-hydrogen) atoms. The van der Waals surface area contributed by atoms with Crippen molar-refractivity contribution in [3.8, 4) is 0 Å². The van der Waals surface area contributed by atoms with Crippen LogP contribution in [0.15, 0.2) is 30.0 Å². The number of nitrogens with two attached hydrogens (primary N) is 7. The standard InChI is InChI=1S/C69H116N28O19S2/c1-35(2)52(64(112)90-42(16-10-23-81-69(76)116)57(105)83-30-51(100)101)95-63(111)49-18-12-24-97(49)66(114)45(17-11-21-79-67(73)74)92-61(109)47-31-117-118-32-48(93-55(103)40(72)25-38-27-77-33-84-38)62(110)96-53(37(4)98)65(113)91-44(14-6-8-20-71)58(106)89-41(15-9-22-80-68(75)115)56(104)82-29-50(99)87-46(26-39-28-78-34-85-39)60(108)86-36(3)54(102)88-43(59(107)94-47)13-5-7-19-70/h27-28,33-37,40-49,52-53,98H,5-26,29-32,70-72H2,1-4H3,(H,77,84)(H,78,85)(H,82,104)(H,83,105)(H,86,108)(H,87,99)(H,88,102)(H,89,106)(H,90,112)(H,91,113)(H,92,109)(H,93,103)(H,94,107)(H,95,111)(H,96,110)(H,100,101)(H4,73,74,79)(H3,75,80,115)(H3,76,81,116)/t36-,37+,40-,41-,42-,43-,44-,45-,46-,47-,48-,49-,52-,53-/m0/s1. The molecule has 18 amide bonds. The van der Waals surface area contributed by atoms with Gasteiger partial charge in [-0.3, -0.25) is 76.9 Å². The number of aromatic nitrogens is 4. The number of carbonyl (C=O) groups excluding carboxylic acids is 16. The van der Waals surface area contributed by atoms with E-state index in [-0.39, 0.29) is 135 Å². The number of aliphatic imine (C=N–C) groups is 1. The van der Waals surface area contributed by atoms with Crippen molar-refractivity contribution in [1.82, 2.24) is 105 Å². The van der Waals surface area contributed by atoms with Crippen molar-refractivity contribution in [1.29, 1.82) is 0 Å². The van der Waals surface area contributed by atoms with Crippen LogP contribution in [0, 0.1) is 5.92 Å². The molecule has 2 aliphatic heterocycles. The zero-order chi connectivity index (χ0) is 87.6. The Balaban J connectivity index is 1.86. The zero-order valence-corrected chi connectivity index (χ0v) is 68.0. The minimum absolute atomic E-state index is 0.00173. The first-order chi connectivity index (χ1) is 56.0. The molecule has 2 aromatic rings. The van der Waals surface area contributed by atoms with Crippen LogP contribution in [0.2, 0.25) is 0 Å². The van der Waals surface area contributed by atoms with E-state index in [1.54, 1.807) is 13.8 Å². The van der Waals surface area contributed by atoms with Gasteiger partial charge in [0.1, 0.15) is 79.0 Å². The molecule has 2 aromatic heterocycles. The number of H-pyrrole nitrogens is 2. The molecular weight excluding hydrogens is 1590 g/mol. The van der Waals surface area contributed by atoms with E-state index in [0.29, 0.717) is 24.2 Å². The first-order valence-corrected chi connectivity index (χ1v) is 41.1. The molecule has 0 saturated carbocycles. The van der Waals surface area contributed by atoms with Gasteiger partial charge in [0.05, 0.1) is 31.3 Å². The fourth-order valence-electron chi connectivity index (χ4n) is 12.1. The Morgan fingerprint density at radius 3 is 1.78 bits per heavy atom. The number of carboxylic acids is 1. The monoisotopic (exact) mass is 1700 g/mol. The summed E-state index contributed by atoms with van der Waals surface area (Å²) < 4.78 is 0. The molecule has 2 aliphatic rings. The van der Waals surface area contributed by atoms with Crippen LogP contribution in [0.25, 0.3) is 0 Å². The number of hydrogen-bond donors (Lipinski definition) is 26. The molecule has 2 saturated heterocycles. The van der Waals surface area contributed by atoms with Crippen LogP contribution in [0.3, 0.4) is 0 Å². The number of hydrogen-bond acceptors (Lipinski definition) is 26. The Morgan fingerprint density at radius 2 is 1.19 bits per heavy atom. The normalized spacial score (nSPS) is 21.7. The summed E-state index contributed by atoms with van der Waals surface area (Å²) in [6.07, 6.45) is 3.71. The summed E-state index contributed by atoms with van der Waals surface area (Å²) >= 11 is 0. The van der Waals surface area contributed by atoms with Crippen molar-refractivity contribution >= 4 is 128 Å². The summed E-state index contributed by atoms with van der Waals surface area (Å²) in [7, 11) is 1.64. The fraction of sp³-hybridized carbons (Fsp3) is 0.652. The predicted molar refractivity (Wildman–Crippen MR) is 429 cm³/mol. The molecule has 14 atom stereocenters. The summed E-state index contributed by atoms with van der Waals surface area (Å²) in [5.74, 6) is -16.8. The molecule has 0 unspecified atom stereocenters. The van der Waals surface area contributed by atoms with Crippen LogP contribution in [0.4, 0.5) is 9.59 Å². The highest BCUT2D eigenvalue weighted by Gasteiger charge is 2.42. The first-order valence-electron chi connectivity index (χ1n) is 38.6. The van der Waals surface area contributed by atoms with Gasteiger partial charge in [0.2, 0.25) is 82.7 Å². The number of aliphatic carboxylic acids is 1. The second-order valence-corrected chi connectivity index (χ2v) is 30.9. The van der Waals surface area contributed by atoms with E-state index in [1.807, 2.05) is 0 Å². The second kappa shape index (κ2) is 52.5. The van der Waals surface area contributed by atoms with Crippen molar-refractivity contribution in [2.45, 2.75) is 215 Å². The summed E-state index contributed by atoms with van der Waals surface area (Å²) in [5, 5.41) is 58.2. The molecule has 0 radical (unpaired) electrons. The average Bonchev–Trinajstić information content (AvgIpc) is 1.62. The lowest BCUT2D eigenvalue weighted by atomic mass is 10.0. The van der Waals surface area contributed by atoms with Gasteiger partial charge in [-0.25, -0.2) is 19.6 Å². The van der Waals surface area contributed by atoms with Crippen molar-refractivity contribution in [2.75, 3.05) is 63.9 Å². The summed E-state index contributed by atoms with van der Waals surface area (Å²) in [6, 6.07) is -21.6. The highest BCUT2D eigenvalue weighted by molar-refractivity contribution is 8.76. The quantitative estimate of drug-likeness (QED) is 0.0128. The van der Waals surface area contributed by atoms with Crippen LogP contribution in [0.5, 0.6) is 0 Å². The number of carboxylic acid groups (broad SMARTS) is 1. The number of imidazole rings is 2. The third-order valence-corrected chi connectivity index (χ3v) is 20.9. The SMILES string of the molecule is CC(C)[C@H](NC(=O)[C@@H]1CCCN1C(=O)[C@H](CCCN=C(N)N)NC(=O)[C@@H]1CSSC[C@H](NC(=O)[C@@H](N)Cc2cnc[nH]2)C(=O)N[C@@H]([C@@H](C)O)C(=O)N[C@@H](CCCCN)C(=O)N[C@@H](CCCNC(N)=O)C(=O)NCC(=O)N[C@@H](Cc2cnc[nH]2)C(=O)N[C@@H](C)C(=O)N[C@@H](CCCCN)C(=O)N1)C(=O)N[C@@H](CCCNC(N)=O)C(=O)NCC(=O)O. The number of aromatic amines is 2. The van der Waals surface area contributed by atoms with Crippen molar-refractivity contribution in [2.24, 2.45) is 51.0 Å². The molecule has 0 bridgehead atoms. The number of amides is 18. The van der Waals surface area contributed by atoms with Gasteiger partial charge in [-0.15, -0.1) is 0 Å². The summed E-state index contributed by atoms with van der Waals surface area (Å²) in [6.45, 7) is 3.89. The van der Waals surface area contributed by atoms with Crippen molar-refractivity contribution < 1.29 is 91.7 Å². The molecule has 0 spiro atoms. The van der Waals surface area contributed by atoms with E-state index in [2.05, 4.69) is 105 Å². The number of carbonyl (C=O) groups is 17. The smallest absolute Gasteiger partial charge is 0.322 e. The van der Waals surface area contributed by atoms with E-state index in [0.717, 1.165) is 28.5 Å². The van der Waals surface area contributed by atoms with Gasteiger partial charge in [-0.05, 0) is 123 Å². The zero-order valence-electron chi connectivity index (χ0n) is 66.3. The lowest BCUT2D eigenvalue weighted by molar-refractivity contribution is -0.143. The number of aliphatic hydroxyl groups is 1. The van der Waals surface area contributed by atoms with E-state index in [9.17, 15) is 77.3 Å². The molecule has 47 nitrogen and oxygen atoms in total. The maximum absolute atomic E-state index is 15.3. The molecule has 0 aromatic carbocycles. The molecule has 2 fully saturated rings. The first kappa shape index (κ1) is 99.2. The third-order valence-electron chi connectivity index (χ3n) is 18.4. The Morgan fingerprint density at radius 1 is 0.610 bits per heavy atom. The maximum Gasteiger partial charge on any atom is 0.322 e. The summed E-state index contributed by atoms with van der Waals surface area (Å²) in [4.78, 5) is 255. The number of primary amides is 2. The second-order valence-electron chi connectivity index (χ2n) is 28.4. The number of nitrogens with one attached hydrogen (secondary N) is 17. The van der Waals surface area contributed by atoms with E-state index < -0.39 is 216 Å². The highest BCUT2D eigenvalue weighted by Crippen LogP contribution is 2.25. The molecule has 0 aliphatic carbocycles. The van der Waals surface area contributed by atoms with Gasteiger partial charge in [0.15, 0.2) is 5.96 Å². The average molecular weight is 1710 g/mol. The Kier molecular flexibility index (Phi) is 44.1. The number of guanidine groups is 1. The number of aliphatic hydroxyl groups excluding tert-OH is 1. The number of likely N-dealkylation sites (tertiary alicyclic amines) is 1. The largest absolute Gasteiger partial charge is 0.480 e. The number of rotatable bonds is 38. The van der Waals surface area contributed by atoms with Gasteiger partial charge in [0, 0.05) is 74.3 Å². The Bertz CT molecular complexity index is 3710. The van der Waals surface area contributed by atoms with Crippen LogP contribution in [-0.2, 0) is 84.8 Å². The lowest BCUT2D eigenvalue weighted by Gasteiger charge is -2.31. The van der Waals surface area contributed by atoms with Gasteiger partial charge >= 0.3 is 18.0 Å². The van der Waals surface area contributed by atoms with Crippen LogP contribution >= 0.6 is 21.6 Å². The minimum atomic E-state index is -1.90. The van der Waals surface area contributed by atoms with Gasteiger partial charge < -0.3 is 145 Å². The highest BCUT2D eigenvalue weighted by atomic mass is 33.1. The van der Waals surface area contributed by atoms with Crippen LogP contribution < -0.4 is 120 Å². The van der Waals surface area contributed by atoms with Crippen molar-refractivity contribution in [3.05, 3.63) is 36.4 Å². The van der Waals surface area contributed by atoms with E-state index >= 15 is 14.4 Å². The topological polar surface area (TPSA) is 766 Å². The van der Waals surface area contributed by atoms with Gasteiger partial charge in [-0.1, -0.05) is 35.4 Å². The number of nitrogens with zero attached hydrogens (tertiary/aromatic N) is 4.